The maximum absolute atomic E-state index is 6.18. The van der Waals surface area contributed by atoms with Crippen LogP contribution >= 0.6 is 11.8 Å². The molecule has 2 atom stereocenters. The zero-order chi connectivity index (χ0) is 12.5. The third-order valence-corrected chi connectivity index (χ3v) is 5.79. The number of nitrogens with zero attached hydrogens (tertiary/aromatic N) is 2. The molecule has 0 radical (unpaired) electrons. The van der Waals surface area contributed by atoms with E-state index in [0.29, 0.717) is 6.04 Å². The summed E-state index contributed by atoms with van der Waals surface area (Å²) in [4.78, 5) is 5.19. The van der Waals surface area contributed by atoms with Crippen LogP contribution < -0.4 is 5.73 Å². The van der Waals surface area contributed by atoms with Gasteiger partial charge in [-0.1, -0.05) is 0 Å². The molecule has 3 rings (SSSR count). The van der Waals surface area contributed by atoms with E-state index in [0.717, 1.165) is 12.5 Å². The minimum absolute atomic E-state index is 0.242. The largest absolute Gasteiger partial charge is 0.329 e. The van der Waals surface area contributed by atoms with Crippen LogP contribution in [0.3, 0.4) is 0 Å². The maximum atomic E-state index is 6.18. The van der Waals surface area contributed by atoms with Crippen molar-refractivity contribution in [2.75, 3.05) is 45.2 Å². The maximum Gasteiger partial charge on any atom is 0.0487 e. The molecule has 0 aliphatic carbocycles. The third-order valence-electron chi connectivity index (χ3n) is 4.97. The quantitative estimate of drug-likeness (QED) is 0.799. The predicted octanol–water partition coefficient (Wildman–Crippen LogP) is 1.09. The Labute approximate surface area is 110 Å². The Bertz CT molecular complexity index is 253. The zero-order valence-electron chi connectivity index (χ0n) is 11.5. The molecular weight excluding hydrogens is 230 g/mol. The van der Waals surface area contributed by atoms with Crippen LogP contribution in [0.15, 0.2) is 0 Å². The van der Waals surface area contributed by atoms with Gasteiger partial charge in [-0.2, -0.15) is 11.8 Å². The van der Waals surface area contributed by atoms with Gasteiger partial charge in [0.2, 0.25) is 0 Å². The van der Waals surface area contributed by atoms with Gasteiger partial charge < -0.3 is 10.6 Å². The Kier molecular flexibility index (Phi) is 4.40. The summed E-state index contributed by atoms with van der Waals surface area (Å²) in [5, 5.41) is 0. The second kappa shape index (κ2) is 5.47. The van der Waals surface area contributed by atoms with Crippen LogP contribution in [0, 0.1) is 5.92 Å². The van der Waals surface area contributed by atoms with Crippen LogP contribution in [-0.4, -0.2) is 66.6 Å². The van der Waals surface area contributed by atoms with Crippen LogP contribution in [0.25, 0.3) is 0 Å². The molecule has 0 saturated carbocycles. The Hall–Kier alpha value is 0.230. The van der Waals surface area contributed by atoms with Gasteiger partial charge in [0.05, 0.1) is 0 Å². The smallest absolute Gasteiger partial charge is 0.0487 e. The summed E-state index contributed by atoms with van der Waals surface area (Å²) < 4.78 is 0. The van der Waals surface area contributed by atoms with Gasteiger partial charge in [0.15, 0.2) is 0 Å². The molecule has 17 heavy (non-hydrogen) atoms. The van der Waals surface area contributed by atoms with Crippen LogP contribution in [0.5, 0.6) is 0 Å². The van der Waals surface area contributed by atoms with Crippen molar-refractivity contribution < 1.29 is 0 Å². The van der Waals surface area contributed by atoms with Crippen molar-refractivity contribution in [1.82, 2.24) is 9.80 Å². The van der Waals surface area contributed by atoms with Crippen molar-refractivity contribution in [2.45, 2.75) is 31.3 Å². The lowest BCUT2D eigenvalue weighted by atomic mass is 9.71. The number of likely N-dealkylation sites (N-methyl/N-ethyl adjacent to an activating group) is 1. The summed E-state index contributed by atoms with van der Waals surface area (Å²) >= 11 is 1.94. The van der Waals surface area contributed by atoms with Crippen molar-refractivity contribution in [1.29, 1.82) is 0 Å². The number of nitrogens with two attached hydrogens (primary N) is 1. The average Bonchev–Trinajstić information content (AvgIpc) is 2.39. The Morgan fingerprint density at radius 1 is 1.47 bits per heavy atom. The molecule has 3 saturated heterocycles. The van der Waals surface area contributed by atoms with E-state index in [-0.39, 0.29) is 5.54 Å². The Morgan fingerprint density at radius 3 is 2.53 bits per heavy atom. The predicted molar refractivity (Wildman–Crippen MR) is 76.6 cm³/mol. The first-order valence-electron chi connectivity index (χ1n) is 6.78. The van der Waals surface area contributed by atoms with Crippen molar-refractivity contribution in [3.05, 3.63) is 0 Å². The van der Waals surface area contributed by atoms with E-state index in [9.17, 15) is 0 Å². The van der Waals surface area contributed by atoms with Gasteiger partial charge in [-0.25, -0.2) is 0 Å². The van der Waals surface area contributed by atoms with Crippen molar-refractivity contribution >= 4 is 11.8 Å². The summed E-state index contributed by atoms with van der Waals surface area (Å²) in [5.74, 6) is 2.01. The molecule has 3 aliphatic rings. The van der Waals surface area contributed by atoms with Crippen LogP contribution in [0.2, 0.25) is 0 Å². The van der Waals surface area contributed by atoms with Crippen LogP contribution in [-0.2, 0) is 0 Å². The minimum Gasteiger partial charge on any atom is -0.329 e. The van der Waals surface area contributed by atoms with Crippen LogP contribution in [0.4, 0.5) is 0 Å². The van der Waals surface area contributed by atoms with E-state index < -0.39 is 0 Å². The lowest BCUT2D eigenvalue weighted by Crippen LogP contribution is -2.70. The van der Waals surface area contributed by atoms with Gasteiger partial charge in [0.25, 0.3) is 0 Å². The van der Waals surface area contributed by atoms with Gasteiger partial charge in [-0.05, 0) is 52.1 Å². The molecule has 0 amide bonds. The number of hydrogen-bond acceptors (Lipinski definition) is 4. The van der Waals surface area contributed by atoms with Gasteiger partial charge in [-0.15, -0.1) is 0 Å². The van der Waals surface area contributed by atoms with E-state index in [4.69, 9.17) is 5.73 Å². The van der Waals surface area contributed by atoms with E-state index in [1.807, 2.05) is 11.8 Å². The highest BCUT2D eigenvalue weighted by molar-refractivity contribution is 7.98. The molecule has 0 aromatic rings. The number of fused-ring (bicyclic) bond motifs is 3. The molecular formula is C13H27N3S. The number of piperidine rings is 3. The van der Waals surface area contributed by atoms with Crippen molar-refractivity contribution in [2.24, 2.45) is 11.7 Å². The number of thioether (sulfide) groups is 1. The SMILES string of the molecule is CSCC(C)N(C)C1(CN)CN2CCC1CC2. The summed E-state index contributed by atoms with van der Waals surface area (Å²) in [7, 11) is 2.29. The van der Waals surface area contributed by atoms with Gasteiger partial charge in [0, 0.05) is 30.4 Å². The molecule has 3 aliphatic heterocycles. The van der Waals surface area contributed by atoms with Gasteiger partial charge in [-0.3, -0.25) is 4.90 Å². The number of hydrogen-bond donors (Lipinski definition) is 1. The first kappa shape index (κ1) is 13.7. The van der Waals surface area contributed by atoms with E-state index in [1.54, 1.807) is 0 Å². The standard InChI is InChI=1S/C13H27N3S/c1-11(8-17-3)15(2)13(9-14)10-16-6-4-12(13)5-7-16/h11-12H,4-10,14H2,1-3H3. The van der Waals surface area contributed by atoms with Crippen molar-refractivity contribution in [3.8, 4) is 0 Å². The molecule has 4 heteroatoms. The molecule has 100 valence electrons. The lowest BCUT2D eigenvalue weighted by Gasteiger charge is -2.58. The molecule has 2 unspecified atom stereocenters. The third kappa shape index (κ3) is 2.37. The van der Waals surface area contributed by atoms with Crippen LogP contribution in [0.1, 0.15) is 19.8 Å². The summed E-state index contributed by atoms with van der Waals surface area (Å²) in [5.41, 5.74) is 6.43. The van der Waals surface area contributed by atoms with E-state index in [2.05, 4.69) is 30.0 Å². The fourth-order valence-electron chi connectivity index (χ4n) is 3.71. The molecule has 3 fully saturated rings. The molecule has 3 heterocycles. The molecule has 0 aromatic heterocycles. The molecule has 0 aromatic carbocycles. The topological polar surface area (TPSA) is 32.5 Å². The highest BCUT2D eigenvalue weighted by Gasteiger charge is 2.49. The zero-order valence-corrected chi connectivity index (χ0v) is 12.3. The Morgan fingerprint density at radius 2 is 2.12 bits per heavy atom. The van der Waals surface area contributed by atoms with Gasteiger partial charge >= 0.3 is 0 Å². The second-order valence-electron chi connectivity index (χ2n) is 5.77. The molecule has 2 N–H and O–H groups in total. The van der Waals surface area contributed by atoms with Gasteiger partial charge in [0.1, 0.15) is 0 Å². The molecule has 2 bridgehead atoms. The lowest BCUT2D eigenvalue weighted by molar-refractivity contribution is -0.0670. The normalized spacial score (nSPS) is 38.6. The number of rotatable bonds is 5. The highest BCUT2D eigenvalue weighted by atomic mass is 32.2. The Balaban J connectivity index is 2.13. The minimum atomic E-state index is 0.242. The summed E-state index contributed by atoms with van der Waals surface area (Å²) in [6, 6.07) is 0.620. The highest BCUT2D eigenvalue weighted by Crippen LogP contribution is 2.39. The van der Waals surface area contributed by atoms with E-state index in [1.165, 1.54) is 38.2 Å². The fourth-order valence-corrected chi connectivity index (χ4v) is 4.42. The monoisotopic (exact) mass is 257 g/mol. The molecule has 3 nitrogen and oxygen atoms in total. The summed E-state index contributed by atoms with van der Waals surface area (Å²) in [6.45, 7) is 6.91. The first-order valence-corrected chi connectivity index (χ1v) is 8.17. The molecule has 0 spiro atoms. The van der Waals surface area contributed by atoms with E-state index >= 15 is 0 Å². The average molecular weight is 257 g/mol. The summed E-state index contributed by atoms with van der Waals surface area (Å²) in [6.07, 6.45) is 4.87. The fraction of sp³-hybridized carbons (Fsp3) is 1.00. The second-order valence-corrected chi connectivity index (χ2v) is 6.68. The first-order chi connectivity index (χ1) is 8.14. The van der Waals surface area contributed by atoms with Crippen molar-refractivity contribution in [3.63, 3.8) is 0 Å².